The maximum Gasteiger partial charge on any atom is 0.416 e. The number of aromatic nitrogens is 3. The molecule has 0 amide bonds. The zero-order valence-corrected chi connectivity index (χ0v) is 16.4. The number of piperidine rings is 1. The number of rotatable bonds is 4. The first-order valence-corrected chi connectivity index (χ1v) is 10.6. The van der Waals surface area contributed by atoms with Gasteiger partial charge in [0.15, 0.2) is 0 Å². The normalized spacial score (nSPS) is 18.4. The molecule has 0 aliphatic carbocycles. The van der Waals surface area contributed by atoms with Gasteiger partial charge in [-0.25, -0.2) is 8.42 Å². The Kier molecular flexibility index (Phi) is 5.33. The van der Waals surface area contributed by atoms with Crippen LogP contribution in [0.3, 0.4) is 0 Å². The van der Waals surface area contributed by atoms with Gasteiger partial charge in [-0.05, 0) is 43.2 Å². The van der Waals surface area contributed by atoms with Crippen molar-refractivity contribution in [2.45, 2.75) is 36.4 Å². The molecule has 0 bridgehead atoms. The van der Waals surface area contributed by atoms with Gasteiger partial charge >= 0.3 is 6.18 Å². The van der Waals surface area contributed by atoms with E-state index >= 15 is 0 Å². The van der Waals surface area contributed by atoms with E-state index in [-0.39, 0.29) is 18.3 Å². The minimum Gasteiger partial charge on any atom is -0.417 e. The van der Waals surface area contributed by atoms with Gasteiger partial charge in [-0.2, -0.15) is 17.5 Å². The Labute approximate surface area is 170 Å². The fourth-order valence-corrected chi connectivity index (χ4v) is 5.07. The van der Waals surface area contributed by atoms with Crippen LogP contribution < -0.4 is 0 Å². The summed E-state index contributed by atoms with van der Waals surface area (Å²) >= 11 is 0. The number of alkyl halides is 3. The molecule has 3 aromatic rings. The Morgan fingerprint density at radius 2 is 1.90 bits per heavy atom. The molecule has 0 radical (unpaired) electrons. The van der Waals surface area contributed by atoms with Crippen molar-refractivity contribution >= 4 is 10.0 Å². The van der Waals surface area contributed by atoms with E-state index in [0.717, 1.165) is 28.9 Å². The van der Waals surface area contributed by atoms with Gasteiger partial charge in [-0.15, -0.1) is 10.2 Å². The third kappa shape index (κ3) is 3.94. The zero-order valence-electron chi connectivity index (χ0n) is 15.6. The second kappa shape index (κ2) is 7.80. The quantitative estimate of drug-likeness (QED) is 0.610. The second-order valence-corrected chi connectivity index (χ2v) is 8.70. The molecule has 1 aliphatic rings. The molecule has 3 heterocycles. The van der Waals surface area contributed by atoms with Gasteiger partial charge in [0.25, 0.3) is 5.89 Å². The molecule has 1 aliphatic heterocycles. The number of halogens is 3. The van der Waals surface area contributed by atoms with E-state index in [9.17, 15) is 21.6 Å². The van der Waals surface area contributed by atoms with Crippen LogP contribution in [0.25, 0.3) is 11.6 Å². The maximum atomic E-state index is 13.2. The Morgan fingerprint density at radius 1 is 1.07 bits per heavy atom. The molecule has 0 saturated carbocycles. The minimum absolute atomic E-state index is 0.0888. The predicted octanol–water partition coefficient (Wildman–Crippen LogP) is 4.07. The number of nitrogens with zero attached hydrogens (tertiary/aromatic N) is 4. The first-order chi connectivity index (χ1) is 14.3. The van der Waals surface area contributed by atoms with Gasteiger partial charge < -0.3 is 4.42 Å². The van der Waals surface area contributed by atoms with Crippen LogP contribution in [0.15, 0.2) is 58.0 Å². The van der Waals surface area contributed by atoms with E-state index in [0.29, 0.717) is 24.6 Å². The van der Waals surface area contributed by atoms with Crippen molar-refractivity contribution in [3.05, 3.63) is 60.1 Å². The van der Waals surface area contributed by atoms with E-state index in [1.54, 1.807) is 24.4 Å². The lowest BCUT2D eigenvalue weighted by Crippen LogP contribution is -2.38. The van der Waals surface area contributed by atoms with Gasteiger partial charge in [-0.3, -0.25) is 4.98 Å². The fourth-order valence-electron chi connectivity index (χ4n) is 3.37. The molecule has 0 spiro atoms. The molecule has 11 heteroatoms. The summed E-state index contributed by atoms with van der Waals surface area (Å²) in [4.78, 5) is 3.70. The summed E-state index contributed by atoms with van der Waals surface area (Å²) in [6.45, 7) is 0.143. The van der Waals surface area contributed by atoms with Crippen LogP contribution in [0.2, 0.25) is 0 Å². The molecule has 1 aromatic carbocycles. The Hall–Kier alpha value is -2.79. The van der Waals surface area contributed by atoms with Gasteiger partial charge in [-0.1, -0.05) is 18.6 Å². The standard InChI is InChI=1S/C19H17F3N4O3S/c20-19(21,22)13-6-5-7-14(12-13)30(27,28)26-11-4-2-9-16(26)18-25-24-17(29-18)15-8-1-3-10-23-15/h1,3,5-8,10,12,16H,2,4,9,11H2/t16-/m0/s1. The summed E-state index contributed by atoms with van der Waals surface area (Å²) in [7, 11) is -4.21. The largest absolute Gasteiger partial charge is 0.417 e. The monoisotopic (exact) mass is 438 g/mol. The summed E-state index contributed by atoms with van der Waals surface area (Å²) in [5.41, 5.74) is -0.577. The lowest BCUT2D eigenvalue weighted by molar-refractivity contribution is -0.137. The van der Waals surface area contributed by atoms with Crippen LogP contribution in [-0.4, -0.2) is 34.4 Å². The predicted molar refractivity (Wildman–Crippen MR) is 99.5 cm³/mol. The summed E-state index contributed by atoms with van der Waals surface area (Å²) in [6, 6.07) is 8.11. The van der Waals surface area contributed by atoms with E-state index in [1.807, 2.05) is 0 Å². The molecular weight excluding hydrogens is 421 g/mol. The Balaban J connectivity index is 1.68. The second-order valence-electron chi connectivity index (χ2n) is 6.81. The number of pyridine rings is 1. The summed E-state index contributed by atoms with van der Waals surface area (Å²) in [6.07, 6.45) is -1.36. The zero-order chi connectivity index (χ0) is 21.4. The molecule has 0 unspecified atom stereocenters. The van der Waals surface area contributed by atoms with Crippen LogP contribution in [0.5, 0.6) is 0 Å². The Bertz CT molecular complexity index is 1130. The Morgan fingerprint density at radius 3 is 2.63 bits per heavy atom. The first-order valence-electron chi connectivity index (χ1n) is 9.21. The molecule has 4 rings (SSSR count). The summed E-state index contributed by atoms with van der Waals surface area (Å²) in [5.74, 6) is 0.235. The maximum absolute atomic E-state index is 13.2. The van der Waals surface area contributed by atoms with E-state index in [4.69, 9.17) is 4.42 Å². The van der Waals surface area contributed by atoms with Crippen LogP contribution in [0.1, 0.15) is 36.8 Å². The first kappa shape index (κ1) is 20.5. The van der Waals surface area contributed by atoms with Crippen molar-refractivity contribution in [2.75, 3.05) is 6.54 Å². The lowest BCUT2D eigenvalue weighted by atomic mass is 10.1. The van der Waals surface area contributed by atoms with Crippen LogP contribution in [0.4, 0.5) is 13.2 Å². The van der Waals surface area contributed by atoms with E-state index < -0.39 is 32.7 Å². The molecule has 0 N–H and O–H groups in total. The number of benzene rings is 1. The topological polar surface area (TPSA) is 89.2 Å². The van der Waals surface area contributed by atoms with Crippen molar-refractivity contribution in [1.82, 2.24) is 19.5 Å². The molecular formula is C19H17F3N4O3S. The van der Waals surface area contributed by atoms with E-state index in [1.165, 1.54) is 0 Å². The molecule has 1 saturated heterocycles. The van der Waals surface area contributed by atoms with Crippen LogP contribution in [-0.2, 0) is 16.2 Å². The molecule has 158 valence electrons. The number of hydrogen-bond donors (Lipinski definition) is 0. The molecule has 1 fully saturated rings. The smallest absolute Gasteiger partial charge is 0.416 e. The lowest BCUT2D eigenvalue weighted by Gasteiger charge is -2.32. The molecule has 7 nitrogen and oxygen atoms in total. The van der Waals surface area contributed by atoms with Gasteiger partial charge in [0.1, 0.15) is 11.7 Å². The number of sulfonamides is 1. The van der Waals surface area contributed by atoms with Crippen LogP contribution in [0, 0.1) is 0 Å². The highest BCUT2D eigenvalue weighted by atomic mass is 32.2. The summed E-state index contributed by atoms with van der Waals surface area (Å²) < 4.78 is 72.4. The minimum atomic E-state index is -4.64. The average Bonchev–Trinajstić information content (AvgIpc) is 3.24. The van der Waals surface area contributed by atoms with Crippen molar-refractivity contribution in [3.63, 3.8) is 0 Å². The van der Waals surface area contributed by atoms with Crippen molar-refractivity contribution in [3.8, 4) is 11.6 Å². The number of hydrogen-bond acceptors (Lipinski definition) is 6. The van der Waals surface area contributed by atoms with Gasteiger partial charge in [0, 0.05) is 12.7 Å². The third-order valence-corrected chi connectivity index (χ3v) is 6.74. The SMILES string of the molecule is O=S(=O)(c1cccc(C(F)(F)F)c1)N1CCCC[C@H]1c1nnc(-c2ccccn2)o1. The molecule has 30 heavy (non-hydrogen) atoms. The average molecular weight is 438 g/mol. The van der Waals surface area contributed by atoms with Crippen molar-refractivity contribution in [2.24, 2.45) is 0 Å². The highest BCUT2D eigenvalue weighted by Gasteiger charge is 2.39. The van der Waals surface area contributed by atoms with Crippen LogP contribution >= 0.6 is 0 Å². The highest BCUT2D eigenvalue weighted by molar-refractivity contribution is 7.89. The highest BCUT2D eigenvalue weighted by Crippen LogP contribution is 2.37. The van der Waals surface area contributed by atoms with E-state index in [2.05, 4.69) is 15.2 Å². The van der Waals surface area contributed by atoms with Gasteiger partial charge in [0.05, 0.1) is 10.5 Å². The van der Waals surface area contributed by atoms with Gasteiger partial charge in [0.2, 0.25) is 15.9 Å². The molecule has 2 aromatic heterocycles. The summed E-state index contributed by atoms with van der Waals surface area (Å²) in [5, 5.41) is 7.94. The van der Waals surface area contributed by atoms with Crippen molar-refractivity contribution in [1.29, 1.82) is 0 Å². The molecule has 1 atom stereocenters. The van der Waals surface area contributed by atoms with Crippen molar-refractivity contribution < 1.29 is 26.0 Å². The fraction of sp³-hybridized carbons (Fsp3) is 0.316. The third-order valence-electron chi connectivity index (χ3n) is 4.83.